The van der Waals surface area contributed by atoms with Gasteiger partial charge in [-0.05, 0) is 52.1 Å². The van der Waals surface area contributed by atoms with Crippen LogP contribution >= 0.6 is 0 Å². The standard InChI is InChI=1S/C33H49N3O2/c1-21(2)24-19-30(37)36(27-13-11-22(31(3,4)5)17-25(27)34-24)20-33(9,10)29-15-16-38-28-14-12-23(32(6,7)8)18-26(28)35-29/h11-14,17-18,21,24,29,34-35H,15-16,19-20H2,1-10H3. The fourth-order valence-corrected chi connectivity index (χ4v) is 5.50. The van der Waals surface area contributed by atoms with Gasteiger partial charge >= 0.3 is 0 Å². The molecule has 0 bridgehead atoms. The molecule has 5 heteroatoms. The zero-order chi connectivity index (χ0) is 28.0. The van der Waals surface area contributed by atoms with E-state index in [2.05, 4.69) is 116 Å². The number of hydrogen-bond acceptors (Lipinski definition) is 4. The predicted octanol–water partition coefficient (Wildman–Crippen LogP) is 7.74. The van der Waals surface area contributed by atoms with E-state index in [1.165, 1.54) is 11.1 Å². The summed E-state index contributed by atoms with van der Waals surface area (Å²) in [6.07, 6.45) is 1.36. The highest BCUT2D eigenvalue weighted by Crippen LogP contribution is 2.41. The van der Waals surface area contributed by atoms with Crippen LogP contribution < -0.4 is 20.3 Å². The lowest BCUT2D eigenvalue weighted by Gasteiger charge is -2.39. The van der Waals surface area contributed by atoms with Gasteiger partial charge in [0, 0.05) is 36.9 Å². The molecule has 2 unspecified atom stereocenters. The Labute approximate surface area is 230 Å². The van der Waals surface area contributed by atoms with E-state index in [1.807, 2.05) is 4.90 Å². The van der Waals surface area contributed by atoms with Gasteiger partial charge in [0.2, 0.25) is 5.91 Å². The topological polar surface area (TPSA) is 53.6 Å². The Morgan fingerprint density at radius 2 is 1.50 bits per heavy atom. The van der Waals surface area contributed by atoms with Crippen LogP contribution in [0.2, 0.25) is 0 Å². The Kier molecular flexibility index (Phi) is 7.55. The first-order valence-electron chi connectivity index (χ1n) is 14.3. The minimum Gasteiger partial charge on any atom is -0.491 e. The van der Waals surface area contributed by atoms with Gasteiger partial charge in [-0.1, -0.05) is 81.4 Å². The molecular weight excluding hydrogens is 470 g/mol. The molecule has 0 spiro atoms. The number of hydrogen-bond donors (Lipinski definition) is 2. The number of fused-ring (bicyclic) bond motifs is 2. The summed E-state index contributed by atoms with van der Waals surface area (Å²) in [5.74, 6) is 1.45. The minimum atomic E-state index is -0.198. The lowest BCUT2D eigenvalue weighted by atomic mass is 9.81. The Morgan fingerprint density at radius 1 is 0.895 bits per heavy atom. The number of carbonyl (C=O) groups is 1. The van der Waals surface area contributed by atoms with Crippen molar-refractivity contribution in [1.29, 1.82) is 0 Å². The predicted molar refractivity (Wildman–Crippen MR) is 161 cm³/mol. The summed E-state index contributed by atoms with van der Waals surface area (Å²) in [6.45, 7) is 23.6. The highest BCUT2D eigenvalue weighted by Gasteiger charge is 2.38. The van der Waals surface area contributed by atoms with Gasteiger partial charge in [-0.2, -0.15) is 0 Å². The first kappa shape index (κ1) is 28.3. The van der Waals surface area contributed by atoms with Gasteiger partial charge < -0.3 is 20.3 Å². The number of rotatable bonds is 4. The Balaban J connectivity index is 1.67. The Hall–Kier alpha value is -2.69. The molecule has 2 aromatic carbocycles. The molecule has 208 valence electrons. The summed E-state index contributed by atoms with van der Waals surface area (Å²) in [5, 5.41) is 7.58. The van der Waals surface area contributed by atoms with E-state index in [0.29, 0.717) is 25.5 Å². The molecule has 2 aliphatic rings. The molecule has 4 rings (SSSR count). The molecule has 0 saturated heterocycles. The summed E-state index contributed by atoms with van der Waals surface area (Å²) in [6, 6.07) is 13.4. The number of anilines is 3. The first-order valence-corrected chi connectivity index (χ1v) is 14.3. The molecular formula is C33H49N3O2. The van der Waals surface area contributed by atoms with E-state index in [9.17, 15) is 4.79 Å². The van der Waals surface area contributed by atoms with Gasteiger partial charge in [0.05, 0.1) is 23.7 Å². The summed E-state index contributed by atoms with van der Waals surface area (Å²) in [7, 11) is 0. The van der Waals surface area contributed by atoms with Crippen molar-refractivity contribution in [3.8, 4) is 5.75 Å². The van der Waals surface area contributed by atoms with Gasteiger partial charge in [0.25, 0.3) is 0 Å². The first-order chi connectivity index (χ1) is 17.6. The van der Waals surface area contributed by atoms with Crippen LogP contribution in [0.4, 0.5) is 17.1 Å². The summed E-state index contributed by atoms with van der Waals surface area (Å²) >= 11 is 0. The zero-order valence-electron chi connectivity index (χ0n) is 25.3. The molecule has 5 nitrogen and oxygen atoms in total. The van der Waals surface area contributed by atoms with E-state index in [4.69, 9.17) is 4.74 Å². The smallest absolute Gasteiger partial charge is 0.229 e. The average molecular weight is 520 g/mol. The normalized spacial score (nSPS) is 20.5. The number of carbonyl (C=O) groups excluding carboxylic acids is 1. The summed E-state index contributed by atoms with van der Waals surface area (Å²) in [5.41, 5.74) is 5.55. The van der Waals surface area contributed by atoms with E-state index in [-0.39, 0.29) is 34.2 Å². The van der Waals surface area contributed by atoms with Crippen LogP contribution in [0.25, 0.3) is 0 Å². The highest BCUT2D eigenvalue weighted by molar-refractivity contribution is 5.99. The zero-order valence-corrected chi connectivity index (χ0v) is 25.3. The van der Waals surface area contributed by atoms with Crippen molar-refractivity contribution in [2.75, 3.05) is 28.7 Å². The minimum absolute atomic E-state index is 0.0357. The van der Waals surface area contributed by atoms with Gasteiger partial charge in [0.15, 0.2) is 0 Å². The molecule has 2 heterocycles. The van der Waals surface area contributed by atoms with Gasteiger partial charge in [-0.15, -0.1) is 0 Å². The molecule has 38 heavy (non-hydrogen) atoms. The molecule has 0 saturated carbocycles. The maximum atomic E-state index is 13.8. The molecule has 2 N–H and O–H groups in total. The quantitative estimate of drug-likeness (QED) is 0.434. The third kappa shape index (κ3) is 5.97. The second-order valence-corrected chi connectivity index (χ2v) is 14.4. The third-order valence-corrected chi connectivity index (χ3v) is 8.34. The molecule has 2 atom stereocenters. The van der Waals surface area contributed by atoms with Gasteiger partial charge in [-0.25, -0.2) is 0 Å². The van der Waals surface area contributed by atoms with Crippen LogP contribution in [-0.4, -0.2) is 31.1 Å². The number of benzene rings is 2. The van der Waals surface area contributed by atoms with E-state index < -0.39 is 0 Å². The fourth-order valence-electron chi connectivity index (χ4n) is 5.50. The maximum absolute atomic E-state index is 13.8. The van der Waals surface area contributed by atoms with Crippen molar-refractivity contribution in [2.45, 2.75) is 105 Å². The van der Waals surface area contributed by atoms with Crippen LogP contribution in [0.15, 0.2) is 36.4 Å². The number of amides is 1. The van der Waals surface area contributed by atoms with Crippen LogP contribution in [0.3, 0.4) is 0 Å². The number of nitrogens with zero attached hydrogens (tertiary/aromatic N) is 1. The Morgan fingerprint density at radius 3 is 2.11 bits per heavy atom. The Bertz CT molecular complexity index is 1170. The van der Waals surface area contributed by atoms with Crippen molar-refractivity contribution in [2.24, 2.45) is 11.3 Å². The molecule has 0 aromatic heterocycles. The molecule has 2 aromatic rings. The van der Waals surface area contributed by atoms with Crippen molar-refractivity contribution in [1.82, 2.24) is 0 Å². The summed E-state index contributed by atoms with van der Waals surface area (Å²) < 4.78 is 6.16. The largest absolute Gasteiger partial charge is 0.491 e. The monoisotopic (exact) mass is 519 g/mol. The average Bonchev–Trinajstić information content (AvgIpc) is 3.10. The SMILES string of the molecule is CC(C)C1CC(=O)N(CC(C)(C)C2CCOc3ccc(C(C)(C)C)cc3N2)c2ccc(C(C)(C)C)cc2N1. The fraction of sp³-hybridized carbons (Fsp3) is 0.606. The second kappa shape index (κ2) is 10.1. The van der Waals surface area contributed by atoms with Gasteiger partial charge in [0.1, 0.15) is 5.75 Å². The maximum Gasteiger partial charge on any atom is 0.229 e. The van der Waals surface area contributed by atoms with Gasteiger partial charge in [-0.3, -0.25) is 4.79 Å². The lowest BCUT2D eigenvalue weighted by Crippen LogP contribution is -2.47. The van der Waals surface area contributed by atoms with Crippen LogP contribution in [0, 0.1) is 11.3 Å². The van der Waals surface area contributed by atoms with Crippen LogP contribution in [-0.2, 0) is 15.6 Å². The van der Waals surface area contributed by atoms with E-state index in [0.717, 1.165) is 29.2 Å². The number of nitrogens with one attached hydrogen (secondary N) is 2. The molecule has 0 aliphatic carbocycles. The summed E-state index contributed by atoms with van der Waals surface area (Å²) in [4.78, 5) is 15.8. The van der Waals surface area contributed by atoms with E-state index >= 15 is 0 Å². The molecule has 2 aliphatic heterocycles. The molecule has 0 radical (unpaired) electrons. The third-order valence-electron chi connectivity index (χ3n) is 8.34. The van der Waals surface area contributed by atoms with Crippen molar-refractivity contribution < 1.29 is 9.53 Å². The molecule has 1 amide bonds. The molecule has 0 fully saturated rings. The van der Waals surface area contributed by atoms with Crippen LogP contribution in [0.5, 0.6) is 5.75 Å². The van der Waals surface area contributed by atoms with Crippen molar-refractivity contribution >= 4 is 23.0 Å². The lowest BCUT2D eigenvalue weighted by molar-refractivity contribution is -0.119. The second-order valence-electron chi connectivity index (χ2n) is 14.4. The van der Waals surface area contributed by atoms with Crippen molar-refractivity contribution in [3.05, 3.63) is 47.5 Å². The van der Waals surface area contributed by atoms with Crippen LogP contribution in [0.1, 0.15) is 93.2 Å². The number of ether oxygens (including phenoxy) is 1. The van der Waals surface area contributed by atoms with E-state index in [1.54, 1.807) is 0 Å². The van der Waals surface area contributed by atoms with Crippen molar-refractivity contribution in [3.63, 3.8) is 0 Å². The highest BCUT2D eigenvalue weighted by atomic mass is 16.5.